The van der Waals surface area contributed by atoms with E-state index in [-0.39, 0.29) is 5.75 Å². The number of hydrogen-bond acceptors (Lipinski definition) is 4. The van der Waals surface area contributed by atoms with Gasteiger partial charge in [0.1, 0.15) is 11.6 Å². The summed E-state index contributed by atoms with van der Waals surface area (Å²) in [6.07, 6.45) is 3.65. The first-order chi connectivity index (χ1) is 11.3. The number of nitrogens with one attached hydrogen (secondary N) is 1. The molecular formula is C18H14N4O. The van der Waals surface area contributed by atoms with Crippen molar-refractivity contribution in [1.82, 2.24) is 14.5 Å². The number of hydrogen-bond donors (Lipinski definition) is 2. The summed E-state index contributed by atoms with van der Waals surface area (Å²) < 4.78 is 1.96. The van der Waals surface area contributed by atoms with Gasteiger partial charge in [-0.1, -0.05) is 18.2 Å². The fourth-order valence-electron chi connectivity index (χ4n) is 2.52. The average molecular weight is 302 g/mol. The molecule has 5 heteroatoms. The Labute approximate surface area is 132 Å². The molecule has 0 unspecified atom stereocenters. The Kier molecular flexibility index (Phi) is 3.16. The lowest BCUT2D eigenvalue weighted by atomic mass is 10.2. The molecule has 0 radical (unpaired) electrons. The number of fused-ring (bicyclic) bond motifs is 1. The van der Waals surface area contributed by atoms with E-state index in [0.717, 1.165) is 22.4 Å². The largest absolute Gasteiger partial charge is 0.508 e. The van der Waals surface area contributed by atoms with Gasteiger partial charge in [0.05, 0.1) is 5.52 Å². The summed E-state index contributed by atoms with van der Waals surface area (Å²) >= 11 is 0. The number of aromatic hydroxyl groups is 1. The van der Waals surface area contributed by atoms with Gasteiger partial charge in [-0.25, -0.2) is 4.98 Å². The van der Waals surface area contributed by atoms with Gasteiger partial charge in [-0.3, -0.25) is 0 Å². The highest BCUT2D eigenvalue weighted by Gasteiger charge is 2.06. The molecule has 2 aromatic heterocycles. The third-order valence-corrected chi connectivity index (χ3v) is 3.59. The summed E-state index contributed by atoms with van der Waals surface area (Å²) in [6.45, 7) is 0. The van der Waals surface area contributed by atoms with E-state index in [1.165, 1.54) is 0 Å². The van der Waals surface area contributed by atoms with Crippen LogP contribution in [0.25, 0.3) is 16.7 Å². The first kappa shape index (κ1) is 13.3. The van der Waals surface area contributed by atoms with Crippen LogP contribution in [0.5, 0.6) is 5.75 Å². The maximum Gasteiger partial charge on any atom is 0.229 e. The SMILES string of the molecule is Oc1ccc2c(ccn2-c2ccnc(Nc3ccccc3)n2)c1. The highest BCUT2D eigenvalue weighted by Crippen LogP contribution is 2.23. The molecule has 0 spiro atoms. The van der Waals surface area contributed by atoms with Crippen LogP contribution in [0.4, 0.5) is 11.6 Å². The summed E-state index contributed by atoms with van der Waals surface area (Å²) in [7, 11) is 0. The second-order valence-electron chi connectivity index (χ2n) is 5.16. The predicted octanol–water partition coefficient (Wildman–Crippen LogP) is 3.87. The number of phenols is 1. The van der Waals surface area contributed by atoms with Gasteiger partial charge in [0.15, 0.2) is 0 Å². The molecule has 4 aromatic rings. The van der Waals surface area contributed by atoms with Crippen LogP contribution in [-0.2, 0) is 0 Å². The molecule has 0 aliphatic heterocycles. The molecule has 23 heavy (non-hydrogen) atoms. The number of para-hydroxylation sites is 1. The molecular weight excluding hydrogens is 288 g/mol. The fraction of sp³-hybridized carbons (Fsp3) is 0. The molecule has 0 saturated carbocycles. The van der Waals surface area contributed by atoms with Crippen molar-refractivity contribution < 1.29 is 5.11 Å². The number of rotatable bonds is 3. The van der Waals surface area contributed by atoms with Crippen LogP contribution in [0.3, 0.4) is 0 Å². The smallest absolute Gasteiger partial charge is 0.229 e. The first-order valence-electron chi connectivity index (χ1n) is 7.25. The standard InChI is InChI=1S/C18H14N4O/c23-15-6-7-16-13(12-15)9-11-22(16)17-8-10-19-18(21-17)20-14-4-2-1-3-5-14/h1-12,23H,(H,19,20,21). The fourth-order valence-corrected chi connectivity index (χ4v) is 2.52. The van der Waals surface area contributed by atoms with Crippen LogP contribution in [0, 0.1) is 0 Å². The summed E-state index contributed by atoms with van der Waals surface area (Å²) in [6, 6.07) is 18.9. The monoisotopic (exact) mass is 302 g/mol. The van der Waals surface area contributed by atoms with Gasteiger partial charge in [-0.05, 0) is 42.5 Å². The van der Waals surface area contributed by atoms with Crippen LogP contribution >= 0.6 is 0 Å². The molecule has 0 aliphatic rings. The highest BCUT2D eigenvalue weighted by atomic mass is 16.3. The van der Waals surface area contributed by atoms with Crippen molar-refractivity contribution in [2.24, 2.45) is 0 Å². The van der Waals surface area contributed by atoms with E-state index >= 15 is 0 Å². The number of anilines is 2. The van der Waals surface area contributed by atoms with Gasteiger partial charge in [0.2, 0.25) is 5.95 Å². The highest BCUT2D eigenvalue weighted by molar-refractivity contribution is 5.83. The zero-order chi connectivity index (χ0) is 15.6. The van der Waals surface area contributed by atoms with Crippen molar-refractivity contribution in [1.29, 1.82) is 0 Å². The topological polar surface area (TPSA) is 63.0 Å². The van der Waals surface area contributed by atoms with Crippen molar-refractivity contribution in [2.45, 2.75) is 0 Å². The lowest BCUT2D eigenvalue weighted by Crippen LogP contribution is -2.01. The molecule has 2 N–H and O–H groups in total. The minimum Gasteiger partial charge on any atom is -0.508 e. The van der Waals surface area contributed by atoms with Crippen LogP contribution in [0.1, 0.15) is 0 Å². The van der Waals surface area contributed by atoms with Crippen molar-refractivity contribution in [3.8, 4) is 11.6 Å². The van der Waals surface area contributed by atoms with Gasteiger partial charge in [-0.15, -0.1) is 0 Å². The normalized spacial score (nSPS) is 10.8. The molecule has 4 rings (SSSR count). The van der Waals surface area contributed by atoms with Crippen LogP contribution in [0.15, 0.2) is 73.1 Å². The van der Waals surface area contributed by atoms with E-state index < -0.39 is 0 Å². The van der Waals surface area contributed by atoms with Gasteiger partial charge < -0.3 is 15.0 Å². The Morgan fingerprint density at radius 1 is 0.957 bits per heavy atom. The Morgan fingerprint density at radius 2 is 1.83 bits per heavy atom. The maximum absolute atomic E-state index is 9.57. The molecule has 112 valence electrons. The summed E-state index contributed by atoms with van der Waals surface area (Å²) in [5, 5.41) is 13.7. The van der Waals surface area contributed by atoms with Crippen LogP contribution < -0.4 is 5.32 Å². The van der Waals surface area contributed by atoms with Crippen molar-refractivity contribution in [2.75, 3.05) is 5.32 Å². The third kappa shape index (κ3) is 2.60. The number of phenolic OH excluding ortho intramolecular Hbond substituents is 1. The average Bonchev–Trinajstić information content (AvgIpc) is 2.99. The van der Waals surface area contributed by atoms with Crippen LogP contribution in [-0.4, -0.2) is 19.6 Å². The van der Waals surface area contributed by atoms with E-state index in [1.807, 2.05) is 59.3 Å². The Morgan fingerprint density at radius 3 is 2.70 bits per heavy atom. The third-order valence-electron chi connectivity index (χ3n) is 3.59. The van der Waals surface area contributed by atoms with Gasteiger partial charge in [0, 0.05) is 23.5 Å². The molecule has 5 nitrogen and oxygen atoms in total. The lowest BCUT2D eigenvalue weighted by Gasteiger charge is -2.08. The minimum atomic E-state index is 0.254. The lowest BCUT2D eigenvalue weighted by molar-refractivity contribution is 0.476. The molecule has 0 bridgehead atoms. The van der Waals surface area contributed by atoms with Crippen molar-refractivity contribution in [3.05, 3.63) is 73.1 Å². The molecule has 0 aliphatic carbocycles. The number of aromatic nitrogens is 3. The van der Waals surface area contributed by atoms with E-state index in [4.69, 9.17) is 0 Å². The van der Waals surface area contributed by atoms with E-state index in [1.54, 1.807) is 18.3 Å². The summed E-state index contributed by atoms with van der Waals surface area (Å²) in [5.41, 5.74) is 1.92. The quantitative estimate of drug-likeness (QED) is 0.603. The number of benzene rings is 2. The van der Waals surface area contributed by atoms with Crippen LogP contribution in [0.2, 0.25) is 0 Å². The van der Waals surface area contributed by atoms with E-state index in [0.29, 0.717) is 5.95 Å². The molecule has 2 aromatic carbocycles. The van der Waals surface area contributed by atoms with Crippen molar-refractivity contribution in [3.63, 3.8) is 0 Å². The Balaban J connectivity index is 1.73. The zero-order valence-corrected chi connectivity index (χ0v) is 12.2. The molecule has 2 heterocycles. The number of nitrogens with zero attached hydrogens (tertiary/aromatic N) is 3. The Bertz CT molecular complexity index is 963. The maximum atomic E-state index is 9.57. The zero-order valence-electron chi connectivity index (χ0n) is 12.2. The van der Waals surface area contributed by atoms with Crippen molar-refractivity contribution >= 4 is 22.5 Å². The summed E-state index contributed by atoms with van der Waals surface area (Å²) in [5.74, 6) is 1.55. The second kappa shape index (κ2) is 5.46. The first-order valence-corrected chi connectivity index (χ1v) is 7.25. The predicted molar refractivity (Wildman–Crippen MR) is 90.3 cm³/mol. The second-order valence-corrected chi connectivity index (χ2v) is 5.16. The van der Waals surface area contributed by atoms with E-state index in [2.05, 4.69) is 15.3 Å². The molecule has 0 saturated heterocycles. The minimum absolute atomic E-state index is 0.254. The summed E-state index contributed by atoms with van der Waals surface area (Å²) in [4.78, 5) is 8.82. The van der Waals surface area contributed by atoms with Gasteiger partial charge in [0.25, 0.3) is 0 Å². The molecule has 0 amide bonds. The van der Waals surface area contributed by atoms with Gasteiger partial charge in [-0.2, -0.15) is 4.98 Å². The van der Waals surface area contributed by atoms with Gasteiger partial charge >= 0.3 is 0 Å². The molecule has 0 fully saturated rings. The molecule has 0 atom stereocenters. The Hall–Kier alpha value is -3.34. The van der Waals surface area contributed by atoms with E-state index in [9.17, 15) is 5.11 Å².